The van der Waals surface area contributed by atoms with E-state index >= 15 is 0 Å². The molecule has 4 rings (SSSR count). The number of urea groups is 1. The van der Waals surface area contributed by atoms with Gasteiger partial charge in [-0.2, -0.15) is 5.10 Å². The summed E-state index contributed by atoms with van der Waals surface area (Å²) < 4.78 is 1.87. The van der Waals surface area contributed by atoms with Crippen LogP contribution in [0.2, 0.25) is 0 Å². The van der Waals surface area contributed by atoms with Gasteiger partial charge in [0.1, 0.15) is 0 Å². The molecule has 0 spiro atoms. The number of nitrogens with zero attached hydrogens (tertiary/aromatic N) is 3. The predicted octanol–water partition coefficient (Wildman–Crippen LogP) is 3.72. The first kappa shape index (κ1) is 19.2. The van der Waals surface area contributed by atoms with E-state index in [0.717, 1.165) is 50.3 Å². The smallest absolute Gasteiger partial charge is 0.319 e. The Morgan fingerprint density at radius 1 is 0.931 bits per heavy atom. The molecule has 1 aromatic heterocycles. The highest BCUT2D eigenvalue weighted by Crippen LogP contribution is 2.15. The number of rotatable bonds is 6. The Bertz CT molecular complexity index is 885. The molecule has 0 radical (unpaired) electrons. The maximum Gasteiger partial charge on any atom is 0.319 e. The van der Waals surface area contributed by atoms with Crippen molar-refractivity contribution >= 4 is 11.7 Å². The number of hydrogen-bond donors (Lipinski definition) is 2. The molecule has 6 heteroatoms. The number of anilines is 1. The maximum atomic E-state index is 12.3. The van der Waals surface area contributed by atoms with Crippen LogP contribution in [0, 0.1) is 0 Å². The molecule has 1 fully saturated rings. The standard InChI is InChI=1S/C23H27N5O/c29-23(25-21-9-7-20(8-10-21)18-28-14-4-13-24-28)26-22-11-15-27(16-12-22)17-19-5-2-1-3-6-19/h1-10,13-14,22H,11-12,15-18H2,(H2,25,26,29). The highest BCUT2D eigenvalue weighted by Gasteiger charge is 2.20. The van der Waals surface area contributed by atoms with Crippen molar-refractivity contribution in [2.75, 3.05) is 18.4 Å². The lowest BCUT2D eigenvalue weighted by molar-refractivity contribution is 0.190. The van der Waals surface area contributed by atoms with Crippen molar-refractivity contribution in [1.82, 2.24) is 20.0 Å². The van der Waals surface area contributed by atoms with Gasteiger partial charge in [-0.15, -0.1) is 0 Å². The van der Waals surface area contributed by atoms with Crippen molar-refractivity contribution in [1.29, 1.82) is 0 Å². The summed E-state index contributed by atoms with van der Waals surface area (Å²) in [5, 5.41) is 10.3. The summed E-state index contributed by atoms with van der Waals surface area (Å²) in [5.74, 6) is 0. The largest absolute Gasteiger partial charge is 0.335 e. The van der Waals surface area contributed by atoms with E-state index in [1.807, 2.05) is 47.3 Å². The Kier molecular flexibility index (Phi) is 6.22. The van der Waals surface area contributed by atoms with Crippen molar-refractivity contribution in [3.05, 3.63) is 84.2 Å². The minimum atomic E-state index is -0.133. The van der Waals surface area contributed by atoms with Crippen molar-refractivity contribution in [3.8, 4) is 0 Å². The molecular weight excluding hydrogens is 362 g/mol. The fourth-order valence-electron chi connectivity index (χ4n) is 3.70. The summed E-state index contributed by atoms with van der Waals surface area (Å²) in [5.41, 5.74) is 3.28. The number of benzene rings is 2. The van der Waals surface area contributed by atoms with E-state index in [4.69, 9.17) is 0 Å². The molecule has 0 atom stereocenters. The van der Waals surface area contributed by atoms with E-state index in [0.29, 0.717) is 0 Å². The third kappa shape index (κ3) is 5.68. The van der Waals surface area contributed by atoms with E-state index in [9.17, 15) is 4.79 Å². The van der Waals surface area contributed by atoms with Crippen LogP contribution in [-0.4, -0.2) is 39.8 Å². The zero-order chi connectivity index (χ0) is 19.9. The Morgan fingerprint density at radius 3 is 2.34 bits per heavy atom. The summed E-state index contributed by atoms with van der Waals surface area (Å²) >= 11 is 0. The third-order valence-corrected chi connectivity index (χ3v) is 5.29. The SMILES string of the molecule is O=C(Nc1ccc(Cn2cccn2)cc1)NC1CCN(Cc2ccccc2)CC1. The fourth-order valence-corrected chi connectivity index (χ4v) is 3.70. The van der Waals surface area contributed by atoms with Crippen molar-refractivity contribution < 1.29 is 4.79 Å². The van der Waals surface area contributed by atoms with Crippen LogP contribution >= 0.6 is 0 Å². The number of amides is 2. The van der Waals surface area contributed by atoms with Gasteiger partial charge >= 0.3 is 6.03 Å². The van der Waals surface area contributed by atoms with Crippen LogP contribution in [0.3, 0.4) is 0 Å². The minimum absolute atomic E-state index is 0.133. The molecule has 29 heavy (non-hydrogen) atoms. The monoisotopic (exact) mass is 389 g/mol. The van der Waals surface area contributed by atoms with E-state index in [-0.39, 0.29) is 12.1 Å². The Balaban J connectivity index is 1.20. The van der Waals surface area contributed by atoms with E-state index in [1.165, 1.54) is 5.56 Å². The lowest BCUT2D eigenvalue weighted by atomic mass is 10.0. The van der Waals surface area contributed by atoms with Crippen LogP contribution in [0.1, 0.15) is 24.0 Å². The summed E-state index contributed by atoms with van der Waals surface area (Å²) in [7, 11) is 0. The second-order valence-electron chi connectivity index (χ2n) is 7.54. The molecule has 1 saturated heterocycles. The second-order valence-corrected chi connectivity index (χ2v) is 7.54. The van der Waals surface area contributed by atoms with Gasteiger partial charge in [-0.3, -0.25) is 9.58 Å². The predicted molar refractivity (Wildman–Crippen MR) is 115 cm³/mol. The number of carbonyl (C=O) groups is 1. The number of carbonyl (C=O) groups excluding carboxylic acids is 1. The van der Waals surface area contributed by atoms with Gasteiger partial charge in [0.25, 0.3) is 0 Å². The van der Waals surface area contributed by atoms with E-state index in [1.54, 1.807) is 6.20 Å². The van der Waals surface area contributed by atoms with Gasteiger partial charge in [0.05, 0.1) is 6.54 Å². The molecule has 1 aliphatic rings. The van der Waals surface area contributed by atoms with Gasteiger partial charge < -0.3 is 10.6 Å². The zero-order valence-corrected chi connectivity index (χ0v) is 16.5. The molecule has 2 amide bonds. The lowest BCUT2D eigenvalue weighted by Crippen LogP contribution is -2.45. The number of likely N-dealkylation sites (tertiary alicyclic amines) is 1. The molecule has 150 valence electrons. The molecule has 0 bridgehead atoms. The maximum absolute atomic E-state index is 12.3. The lowest BCUT2D eigenvalue weighted by Gasteiger charge is -2.32. The number of piperidine rings is 1. The Morgan fingerprint density at radius 2 is 1.66 bits per heavy atom. The van der Waals surface area contributed by atoms with Crippen LogP contribution in [0.5, 0.6) is 0 Å². The highest BCUT2D eigenvalue weighted by molar-refractivity contribution is 5.89. The summed E-state index contributed by atoms with van der Waals surface area (Å²) in [6, 6.07) is 20.4. The van der Waals surface area contributed by atoms with Crippen LogP contribution < -0.4 is 10.6 Å². The van der Waals surface area contributed by atoms with Gasteiger partial charge in [0.15, 0.2) is 0 Å². The average Bonchev–Trinajstić information content (AvgIpc) is 3.25. The molecule has 2 heterocycles. The van der Waals surface area contributed by atoms with Crippen LogP contribution in [0.25, 0.3) is 0 Å². The Hall–Kier alpha value is -3.12. The van der Waals surface area contributed by atoms with Crippen LogP contribution in [0.15, 0.2) is 73.1 Å². The number of hydrogen-bond acceptors (Lipinski definition) is 3. The first-order valence-corrected chi connectivity index (χ1v) is 10.1. The molecule has 0 saturated carbocycles. The summed E-state index contributed by atoms with van der Waals surface area (Å²) in [4.78, 5) is 14.8. The minimum Gasteiger partial charge on any atom is -0.335 e. The molecule has 2 N–H and O–H groups in total. The molecule has 2 aromatic carbocycles. The van der Waals surface area contributed by atoms with Gasteiger partial charge in [-0.25, -0.2) is 4.79 Å². The topological polar surface area (TPSA) is 62.2 Å². The fraction of sp³-hybridized carbons (Fsp3) is 0.304. The number of nitrogens with one attached hydrogen (secondary N) is 2. The van der Waals surface area contributed by atoms with Crippen molar-refractivity contribution in [2.24, 2.45) is 0 Å². The Labute approximate surface area is 171 Å². The van der Waals surface area contributed by atoms with E-state index < -0.39 is 0 Å². The van der Waals surface area contributed by atoms with Crippen molar-refractivity contribution in [3.63, 3.8) is 0 Å². The highest BCUT2D eigenvalue weighted by atomic mass is 16.2. The average molecular weight is 390 g/mol. The number of aromatic nitrogens is 2. The molecule has 6 nitrogen and oxygen atoms in total. The first-order chi connectivity index (χ1) is 14.2. The van der Waals surface area contributed by atoms with Gasteiger partial charge in [-0.05, 0) is 42.2 Å². The second kappa shape index (κ2) is 9.39. The molecular formula is C23H27N5O. The molecule has 0 unspecified atom stereocenters. The molecule has 1 aliphatic heterocycles. The normalized spacial score (nSPS) is 15.2. The van der Waals surface area contributed by atoms with E-state index in [2.05, 4.69) is 44.9 Å². The zero-order valence-electron chi connectivity index (χ0n) is 16.5. The summed E-state index contributed by atoms with van der Waals surface area (Å²) in [6.07, 6.45) is 5.66. The summed E-state index contributed by atoms with van der Waals surface area (Å²) in [6.45, 7) is 3.70. The first-order valence-electron chi connectivity index (χ1n) is 10.1. The van der Waals surface area contributed by atoms with Crippen LogP contribution in [0.4, 0.5) is 10.5 Å². The van der Waals surface area contributed by atoms with Gasteiger partial charge in [0, 0.05) is 43.8 Å². The van der Waals surface area contributed by atoms with Gasteiger partial charge in [-0.1, -0.05) is 42.5 Å². The molecule has 3 aromatic rings. The quantitative estimate of drug-likeness (QED) is 0.675. The van der Waals surface area contributed by atoms with Crippen molar-refractivity contribution in [2.45, 2.75) is 32.0 Å². The van der Waals surface area contributed by atoms with Crippen LogP contribution in [-0.2, 0) is 13.1 Å². The molecule has 0 aliphatic carbocycles. The third-order valence-electron chi connectivity index (χ3n) is 5.29. The van der Waals surface area contributed by atoms with Gasteiger partial charge in [0.2, 0.25) is 0 Å².